The van der Waals surface area contributed by atoms with Gasteiger partial charge < -0.3 is 5.73 Å². The Labute approximate surface area is 145 Å². The third kappa shape index (κ3) is 7.45. The molecular weight excluding hydrogens is 324 g/mol. The van der Waals surface area contributed by atoms with Crippen LogP contribution < -0.4 is 10.9 Å². The Kier molecular flexibility index (Phi) is 9.00. The van der Waals surface area contributed by atoms with Gasteiger partial charge in [-0.15, -0.1) is 0 Å². The molecule has 4 N–H and O–H groups in total. The number of hydrogen-bond acceptors (Lipinski definition) is 4. The summed E-state index contributed by atoms with van der Waals surface area (Å²) in [6.45, 7) is 2.21. The molecule has 0 aromatic heterocycles. The molecule has 136 valence electrons. The summed E-state index contributed by atoms with van der Waals surface area (Å²) < 4.78 is 23.2. The van der Waals surface area contributed by atoms with Crippen molar-refractivity contribution in [3.05, 3.63) is 23.8 Å². The highest BCUT2D eigenvalue weighted by molar-refractivity contribution is 7.89. The van der Waals surface area contributed by atoms with Crippen molar-refractivity contribution in [2.45, 2.75) is 76.0 Å². The SMILES string of the molecule is CCCCCCCCCCCC(=O)c1cc(N)ccc1S(N)(=O)=O. The molecule has 6 heteroatoms. The molecule has 0 aliphatic carbocycles. The number of unbranched alkanes of at least 4 members (excludes halogenated alkanes) is 8. The minimum absolute atomic E-state index is 0.108. The molecule has 5 nitrogen and oxygen atoms in total. The maximum Gasteiger partial charge on any atom is 0.238 e. The normalized spacial score (nSPS) is 11.6. The summed E-state index contributed by atoms with van der Waals surface area (Å²) in [5.41, 5.74) is 6.13. The van der Waals surface area contributed by atoms with E-state index < -0.39 is 10.0 Å². The number of benzene rings is 1. The Balaban J connectivity index is 2.40. The molecule has 1 aromatic carbocycles. The van der Waals surface area contributed by atoms with Gasteiger partial charge in [0.2, 0.25) is 10.0 Å². The van der Waals surface area contributed by atoms with E-state index in [1.807, 2.05) is 0 Å². The number of anilines is 1. The molecule has 0 atom stereocenters. The Morgan fingerprint density at radius 2 is 1.50 bits per heavy atom. The number of ketones is 1. The average molecular weight is 355 g/mol. The highest BCUT2D eigenvalue weighted by Gasteiger charge is 2.19. The molecule has 24 heavy (non-hydrogen) atoms. The highest BCUT2D eigenvalue weighted by atomic mass is 32.2. The Morgan fingerprint density at radius 1 is 0.958 bits per heavy atom. The van der Waals surface area contributed by atoms with E-state index in [9.17, 15) is 13.2 Å². The van der Waals surface area contributed by atoms with Crippen molar-refractivity contribution in [3.63, 3.8) is 0 Å². The fraction of sp³-hybridized carbons (Fsp3) is 0.611. The zero-order chi connectivity index (χ0) is 18.0. The first kappa shape index (κ1) is 20.6. The fourth-order valence-corrected chi connectivity index (χ4v) is 3.48. The van der Waals surface area contributed by atoms with Crippen molar-refractivity contribution >= 4 is 21.5 Å². The second-order valence-electron chi connectivity index (χ2n) is 6.30. The lowest BCUT2D eigenvalue weighted by Gasteiger charge is -2.08. The lowest BCUT2D eigenvalue weighted by molar-refractivity contribution is 0.0976. The van der Waals surface area contributed by atoms with Crippen LogP contribution in [0.1, 0.15) is 81.5 Å². The van der Waals surface area contributed by atoms with Crippen molar-refractivity contribution in [3.8, 4) is 0 Å². The van der Waals surface area contributed by atoms with Crippen LogP contribution in [0.25, 0.3) is 0 Å². The van der Waals surface area contributed by atoms with Gasteiger partial charge in [0.15, 0.2) is 5.78 Å². The van der Waals surface area contributed by atoms with Gasteiger partial charge in [-0.2, -0.15) is 0 Å². The van der Waals surface area contributed by atoms with E-state index in [-0.39, 0.29) is 16.2 Å². The minimum atomic E-state index is -3.92. The number of sulfonamides is 1. The van der Waals surface area contributed by atoms with Gasteiger partial charge in [0.1, 0.15) is 0 Å². The third-order valence-corrected chi connectivity index (χ3v) is 5.09. The van der Waals surface area contributed by atoms with Gasteiger partial charge in [-0.1, -0.05) is 58.3 Å². The van der Waals surface area contributed by atoms with Crippen molar-refractivity contribution in [2.75, 3.05) is 5.73 Å². The second kappa shape index (κ2) is 10.5. The van der Waals surface area contributed by atoms with Crippen molar-refractivity contribution in [1.29, 1.82) is 0 Å². The lowest BCUT2D eigenvalue weighted by Crippen LogP contribution is -2.17. The van der Waals surface area contributed by atoms with Gasteiger partial charge in [0.05, 0.1) is 4.90 Å². The summed E-state index contributed by atoms with van der Waals surface area (Å²) in [6.07, 6.45) is 10.8. The van der Waals surface area contributed by atoms with Crippen LogP contribution in [0.5, 0.6) is 0 Å². The van der Waals surface area contributed by atoms with Crippen LogP contribution in [0.2, 0.25) is 0 Å². The van der Waals surface area contributed by atoms with E-state index in [1.54, 1.807) is 0 Å². The average Bonchev–Trinajstić information content (AvgIpc) is 2.51. The molecule has 0 amide bonds. The molecule has 0 heterocycles. The van der Waals surface area contributed by atoms with Crippen molar-refractivity contribution in [1.82, 2.24) is 0 Å². The van der Waals surface area contributed by atoms with Crippen molar-refractivity contribution < 1.29 is 13.2 Å². The molecule has 0 fully saturated rings. The quantitative estimate of drug-likeness (QED) is 0.336. The zero-order valence-electron chi connectivity index (χ0n) is 14.6. The summed E-state index contributed by atoms with van der Waals surface area (Å²) in [4.78, 5) is 12.2. The Morgan fingerprint density at radius 3 is 2.04 bits per heavy atom. The summed E-state index contributed by atoms with van der Waals surface area (Å²) in [5.74, 6) is -0.214. The summed E-state index contributed by atoms with van der Waals surface area (Å²) >= 11 is 0. The van der Waals surface area contributed by atoms with Crippen LogP contribution in [-0.2, 0) is 10.0 Å². The molecular formula is C18H30N2O3S. The minimum Gasteiger partial charge on any atom is -0.399 e. The molecule has 0 bridgehead atoms. The first-order valence-corrected chi connectivity index (χ1v) is 10.4. The first-order chi connectivity index (χ1) is 11.4. The van der Waals surface area contributed by atoms with E-state index >= 15 is 0 Å². The van der Waals surface area contributed by atoms with Crippen LogP contribution in [0.3, 0.4) is 0 Å². The number of primary sulfonamides is 1. The topological polar surface area (TPSA) is 103 Å². The number of hydrogen-bond donors (Lipinski definition) is 2. The summed E-state index contributed by atoms with van der Waals surface area (Å²) in [6, 6.07) is 4.14. The molecule has 0 spiro atoms. The fourth-order valence-electron chi connectivity index (χ4n) is 2.74. The molecule has 0 radical (unpaired) electrons. The molecule has 0 saturated carbocycles. The van der Waals surface area contributed by atoms with Crippen LogP contribution >= 0.6 is 0 Å². The molecule has 0 saturated heterocycles. The predicted molar refractivity (Wildman–Crippen MR) is 98.4 cm³/mol. The zero-order valence-corrected chi connectivity index (χ0v) is 15.4. The molecule has 0 unspecified atom stereocenters. The lowest BCUT2D eigenvalue weighted by atomic mass is 10.0. The molecule has 1 aromatic rings. The van der Waals surface area contributed by atoms with E-state index in [4.69, 9.17) is 10.9 Å². The Hall–Kier alpha value is -1.40. The number of rotatable bonds is 12. The summed E-state index contributed by atoms with van der Waals surface area (Å²) in [7, 11) is -3.92. The number of carbonyl (C=O) groups is 1. The smallest absolute Gasteiger partial charge is 0.238 e. The maximum atomic E-state index is 12.3. The van der Waals surface area contributed by atoms with E-state index in [0.717, 1.165) is 19.3 Å². The van der Waals surface area contributed by atoms with Gasteiger partial charge in [-0.25, -0.2) is 13.6 Å². The van der Waals surface area contributed by atoms with Crippen LogP contribution in [-0.4, -0.2) is 14.2 Å². The van der Waals surface area contributed by atoms with E-state index in [2.05, 4.69) is 6.92 Å². The second-order valence-corrected chi connectivity index (χ2v) is 7.83. The predicted octanol–water partition coefficient (Wildman–Crippen LogP) is 4.02. The standard InChI is InChI=1S/C18H30N2O3S/c1-2-3-4-5-6-7-8-9-10-11-17(21)16-14-15(19)12-13-18(16)24(20,22)23/h12-14H,2-11,19H2,1H3,(H2,20,22,23). The van der Waals surface area contributed by atoms with E-state index in [0.29, 0.717) is 12.1 Å². The molecule has 1 rings (SSSR count). The van der Waals surface area contributed by atoms with Crippen molar-refractivity contribution in [2.24, 2.45) is 5.14 Å². The van der Waals surface area contributed by atoms with Crippen LogP contribution in [0.15, 0.2) is 23.1 Å². The molecule has 0 aliphatic heterocycles. The monoisotopic (exact) mass is 354 g/mol. The van der Waals surface area contributed by atoms with E-state index in [1.165, 1.54) is 56.7 Å². The van der Waals surface area contributed by atoms with Gasteiger partial charge in [0, 0.05) is 17.7 Å². The number of carbonyl (C=O) groups excluding carboxylic acids is 1. The largest absolute Gasteiger partial charge is 0.399 e. The van der Waals surface area contributed by atoms with Gasteiger partial charge in [0.25, 0.3) is 0 Å². The van der Waals surface area contributed by atoms with Crippen LogP contribution in [0.4, 0.5) is 5.69 Å². The van der Waals surface area contributed by atoms with Gasteiger partial charge >= 0.3 is 0 Å². The van der Waals surface area contributed by atoms with Gasteiger partial charge in [-0.05, 0) is 24.6 Å². The van der Waals surface area contributed by atoms with Gasteiger partial charge in [-0.3, -0.25) is 4.79 Å². The van der Waals surface area contributed by atoms with Crippen LogP contribution in [0, 0.1) is 0 Å². The maximum absolute atomic E-state index is 12.3. The summed E-state index contributed by atoms with van der Waals surface area (Å²) in [5, 5.41) is 5.17. The number of Topliss-reactive ketones (excluding diaryl/α,β-unsaturated/α-hetero) is 1. The Bertz CT molecular complexity index is 627. The number of nitrogens with two attached hydrogens (primary N) is 2. The highest BCUT2D eigenvalue weighted by Crippen LogP contribution is 2.21. The number of nitrogen functional groups attached to an aromatic ring is 1. The molecule has 0 aliphatic rings. The third-order valence-electron chi connectivity index (χ3n) is 4.12. The first-order valence-electron chi connectivity index (χ1n) is 8.81.